The first-order valence-corrected chi connectivity index (χ1v) is 10.7. The van der Waals surface area contributed by atoms with Crippen molar-refractivity contribution >= 4 is 34.2 Å². The molecule has 0 radical (unpaired) electrons. The molecule has 1 N–H and O–H groups in total. The first kappa shape index (κ1) is 22.9. The van der Waals surface area contributed by atoms with Crippen LogP contribution in [0.25, 0.3) is 10.8 Å². The highest BCUT2D eigenvalue weighted by molar-refractivity contribution is 6.07. The van der Waals surface area contributed by atoms with Crippen LogP contribution in [0.15, 0.2) is 60.9 Å². The number of hydrogen-bond acceptors (Lipinski definition) is 5. The van der Waals surface area contributed by atoms with Gasteiger partial charge in [-0.05, 0) is 36.1 Å². The molecule has 0 spiro atoms. The first-order valence-electron chi connectivity index (χ1n) is 10.7. The van der Waals surface area contributed by atoms with E-state index in [1.165, 1.54) is 24.2 Å². The number of nitriles is 1. The number of nitrogens with zero attached hydrogens (tertiary/aromatic N) is 4. The molecule has 0 aliphatic carbocycles. The topological polar surface area (TPSA) is 106 Å². The summed E-state index contributed by atoms with van der Waals surface area (Å²) in [7, 11) is 1.39. The molecule has 0 bridgehead atoms. The van der Waals surface area contributed by atoms with Crippen LogP contribution in [0.1, 0.15) is 16.8 Å². The third-order valence-electron chi connectivity index (χ3n) is 5.89. The number of hydrogen-bond donors (Lipinski definition) is 1. The number of pyridine rings is 1. The Kier molecular flexibility index (Phi) is 6.50. The number of likely N-dealkylation sites (N-methyl/N-ethyl adjacent to an activating group) is 1. The zero-order chi connectivity index (χ0) is 24.2. The van der Waals surface area contributed by atoms with Gasteiger partial charge in [-0.15, -0.1) is 0 Å². The van der Waals surface area contributed by atoms with Crippen molar-refractivity contribution in [1.82, 2.24) is 14.8 Å². The molecule has 172 valence electrons. The number of amides is 3. The maximum absolute atomic E-state index is 14.5. The first-order chi connectivity index (χ1) is 16.4. The fourth-order valence-corrected chi connectivity index (χ4v) is 4.10. The van der Waals surface area contributed by atoms with E-state index in [0.717, 1.165) is 4.90 Å². The third kappa shape index (κ3) is 4.57. The molecule has 0 saturated carbocycles. The van der Waals surface area contributed by atoms with E-state index in [-0.39, 0.29) is 31.0 Å². The van der Waals surface area contributed by atoms with Gasteiger partial charge in [0.2, 0.25) is 11.8 Å². The molecule has 1 aliphatic heterocycles. The van der Waals surface area contributed by atoms with Crippen molar-refractivity contribution in [2.45, 2.75) is 12.5 Å². The SMILES string of the molecule is CN(CC(=O)N1CC(C(=O)Nc2ccccc2)CC1C#N)C(=O)c1c(F)ccc2ccncc12. The van der Waals surface area contributed by atoms with Crippen molar-refractivity contribution in [3.8, 4) is 6.07 Å². The van der Waals surface area contributed by atoms with Crippen LogP contribution in [0.3, 0.4) is 0 Å². The molecule has 3 aromatic rings. The molecule has 3 amide bonds. The van der Waals surface area contributed by atoms with Gasteiger partial charge in [0.1, 0.15) is 11.9 Å². The van der Waals surface area contributed by atoms with Crippen molar-refractivity contribution < 1.29 is 18.8 Å². The molecule has 8 nitrogen and oxygen atoms in total. The molecule has 9 heteroatoms. The van der Waals surface area contributed by atoms with Crippen LogP contribution in [-0.2, 0) is 9.59 Å². The van der Waals surface area contributed by atoms with E-state index in [4.69, 9.17) is 0 Å². The van der Waals surface area contributed by atoms with E-state index in [1.54, 1.807) is 42.6 Å². The number of aromatic nitrogens is 1. The number of halogens is 1. The monoisotopic (exact) mass is 459 g/mol. The van der Waals surface area contributed by atoms with E-state index >= 15 is 0 Å². The van der Waals surface area contributed by atoms with Gasteiger partial charge >= 0.3 is 0 Å². The molecule has 34 heavy (non-hydrogen) atoms. The summed E-state index contributed by atoms with van der Waals surface area (Å²) in [6.45, 7) is -0.301. The number of carbonyl (C=O) groups excluding carboxylic acids is 3. The van der Waals surface area contributed by atoms with Crippen molar-refractivity contribution in [3.05, 3.63) is 72.3 Å². The smallest absolute Gasteiger partial charge is 0.257 e. The van der Waals surface area contributed by atoms with Crippen LogP contribution in [0.2, 0.25) is 0 Å². The van der Waals surface area contributed by atoms with Crippen LogP contribution in [-0.4, -0.2) is 58.7 Å². The number of nitrogens with one attached hydrogen (secondary N) is 1. The average molecular weight is 459 g/mol. The molecule has 1 aliphatic rings. The van der Waals surface area contributed by atoms with Gasteiger partial charge < -0.3 is 15.1 Å². The van der Waals surface area contributed by atoms with Crippen LogP contribution in [0, 0.1) is 23.1 Å². The summed E-state index contributed by atoms with van der Waals surface area (Å²) in [5.74, 6) is -2.71. The van der Waals surface area contributed by atoms with E-state index in [2.05, 4.69) is 16.4 Å². The second kappa shape index (κ2) is 9.67. The summed E-state index contributed by atoms with van der Waals surface area (Å²) in [6.07, 6.45) is 3.15. The van der Waals surface area contributed by atoms with E-state index in [0.29, 0.717) is 16.5 Å². The molecule has 1 saturated heterocycles. The Balaban J connectivity index is 1.45. The molecular formula is C25H22FN5O3. The Morgan fingerprint density at radius 3 is 2.71 bits per heavy atom. The Morgan fingerprint density at radius 2 is 1.97 bits per heavy atom. The predicted molar refractivity (Wildman–Crippen MR) is 123 cm³/mol. The largest absolute Gasteiger partial charge is 0.332 e. The molecule has 2 heterocycles. The minimum Gasteiger partial charge on any atom is -0.332 e. The van der Waals surface area contributed by atoms with E-state index < -0.39 is 29.6 Å². The minimum absolute atomic E-state index is 0.0598. The molecule has 1 fully saturated rings. The summed E-state index contributed by atoms with van der Waals surface area (Å²) in [5.41, 5.74) is 0.460. The molecule has 2 unspecified atom stereocenters. The number of para-hydroxylation sites is 1. The summed E-state index contributed by atoms with van der Waals surface area (Å²) in [5, 5.41) is 13.3. The van der Waals surface area contributed by atoms with Gasteiger partial charge in [-0.1, -0.05) is 24.3 Å². The third-order valence-corrected chi connectivity index (χ3v) is 5.89. The molecule has 2 atom stereocenters. The maximum atomic E-state index is 14.5. The summed E-state index contributed by atoms with van der Waals surface area (Å²) >= 11 is 0. The number of likely N-dealkylation sites (tertiary alicyclic amines) is 1. The van der Waals surface area contributed by atoms with Gasteiger partial charge in [0.15, 0.2) is 0 Å². The van der Waals surface area contributed by atoms with Crippen LogP contribution >= 0.6 is 0 Å². The Labute approximate surface area is 195 Å². The number of rotatable bonds is 5. The summed E-state index contributed by atoms with van der Waals surface area (Å²) < 4.78 is 14.5. The van der Waals surface area contributed by atoms with Crippen LogP contribution < -0.4 is 5.32 Å². The Morgan fingerprint density at radius 1 is 1.21 bits per heavy atom. The van der Waals surface area contributed by atoms with Crippen LogP contribution in [0.5, 0.6) is 0 Å². The fraction of sp³-hybridized carbons (Fsp3) is 0.240. The highest BCUT2D eigenvalue weighted by Gasteiger charge is 2.39. The van der Waals surface area contributed by atoms with E-state index in [9.17, 15) is 24.0 Å². The van der Waals surface area contributed by atoms with Crippen molar-refractivity contribution in [1.29, 1.82) is 5.26 Å². The number of fused-ring (bicyclic) bond motifs is 1. The van der Waals surface area contributed by atoms with Gasteiger partial charge in [-0.25, -0.2) is 4.39 Å². The molecule has 1 aromatic heterocycles. The van der Waals surface area contributed by atoms with E-state index in [1.807, 2.05) is 6.07 Å². The lowest BCUT2D eigenvalue weighted by Crippen LogP contribution is -2.43. The molecule has 2 aromatic carbocycles. The Hall–Kier alpha value is -4.32. The average Bonchev–Trinajstić information content (AvgIpc) is 3.29. The summed E-state index contributed by atoms with van der Waals surface area (Å²) in [4.78, 5) is 45.0. The predicted octanol–water partition coefficient (Wildman–Crippen LogP) is 2.83. The second-order valence-electron chi connectivity index (χ2n) is 8.16. The molecule has 4 rings (SSSR count). The van der Waals surface area contributed by atoms with Crippen molar-refractivity contribution in [2.75, 3.05) is 25.5 Å². The fourth-order valence-electron chi connectivity index (χ4n) is 4.10. The highest BCUT2D eigenvalue weighted by Crippen LogP contribution is 2.26. The van der Waals surface area contributed by atoms with Gasteiger partial charge in [0.25, 0.3) is 5.91 Å². The zero-order valence-corrected chi connectivity index (χ0v) is 18.4. The van der Waals surface area contributed by atoms with Crippen molar-refractivity contribution in [3.63, 3.8) is 0 Å². The summed E-state index contributed by atoms with van der Waals surface area (Å²) in [6, 6.07) is 14.6. The lowest BCUT2D eigenvalue weighted by atomic mass is 10.1. The van der Waals surface area contributed by atoms with Gasteiger partial charge in [-0.3, -0.25) is 19.4 Å². The molecular weight excluding hydrogens is 437 g/mol. The lowest BCUT2D eigenvalue weighted by molar-refractivity contribution is -0.131. The van der Waals surface area contributed by atoms with Gasteiger partial charge in [0, 0.05) is 37.1 Å². The minimum atomic E-state index is -0.791. The number of benzene rings is 2. The van der Waals surface area contributed by atoms with Crippen LogP contribution in [0.4, 0.5) is 10.1 Å². The van der Waals surface area contributed by atoms with Crippen molar-refractivity contribution in [2.24, 2.45) is 5.92 Å². The lowest BCUT2D eigenvalue weighted by Gasteiger charge is -2.24. The number of anilines is 1. The normalized spacial score (nSPS) is 17.3. The highest BCUT2D eigenvalue weighted by atomic mass is 19.1. The van der Waals surface area contributed by atoms with Gasteiger partial charge in [0.05, 0.1) is 24.1 Å². The number of carbonyl (C=O) groups is 3. The van der Waals surface area contributed by atoms with Gasteiger partial charge in [-0.2, -0.15) is 5.26 Å². The second-order valence-corrected chi connectivity index (χ2v) is 8.16. The standard InChI is InChI=1S/C25H22FN5O3/c1-30(25(34)23-20-13-28-10-9-16(20)7-8-21(23)26)15-22(32)31-14-17(11-19(31)12-27)24(33)29-18-5-3-2-4-6-18/h2-10,13,17,19H,11,14-15H2,1H3,(H,29,33). The maximum Gasteiger partial charge on any atom is 0.257 e. The quantitative estimate of drug-likeness (QED) is 0.632. The zero-order valence-electron chi connectivity index (χ0n) is 18.4. The Bertz CT molecular complexity index is 1290.